The molecule has 0 aliphatic rings. The molecule has 5 heteroatoms. The maximum atomic E-state index is 12.7. The van der Waals surface area contributed by atoms with E-state index in [1.165, 1.54) is 6.07 Å². The van der Waals surface area contributed by atoms with Gasteiger partial charge >= 0.3 is 0 Å². The molecule has 0 atom stereocenters. The van der Waals surface area contributed by atoms with Crippen LogP contribution in [0.1, 0.15) is 0 Å². The van der Waals surface area contributed by atoms with Crippen molar-refractivity contribution in [2.45, 2.75) is 0 Å². The highest BCUT2D eigenvalue weighted by Gasteiger charge is 1.99. The summed E-state index contributed by atoms with van der Waals surface area (Å²) in [6, 6.07) is 4.52. The van der Waals surface area contributed by atoms with Gasteiger partial charge in [0.1, 0.15) is 5.82 Å². The van der Waals surface area contributed by atoms with Crippen LogP contribution in [0.4, 0.5) is 10.1 Å². The minimum absolute atomic E-state index is 0.129. The molecule has 2 nitrogen and oxygen atoms in total. The molecule has 1 aromatic rings. The van der Waals surface area contributed by atoms with E-state index in [0.29, 0.717) is 6.54 Å². The van der Waals surface area contributed by atoms with Gasteiger partial charge in [-0.2, -0.15) is 0 Å². The molecule has 0 radical (unpaired) electrons. The van der Waals surface area contributed by atoms with Crippen molar-refractivity contribution in [3.63, 3.8) is 0 Å². The van der Waals surface area contributed by atoms with Crippen LogP contribution in [0.25, 0.3) is 0 Å². The smallest absolute Gasteiger partial charge is 0.141 e. The fourth-order valence-corrected chi connectivity index (χ4v) is 1.16. The van der Waals surface area contributed by atoms with Crippen LogP contribution in [-0.2, 0) is 0 Å². The molecule has 0 saturated heterocycles. The molecular formula is C8H10ClFN2S. The summed E-state index contributed by atoms with van der Waals surface area (Å²) in [6.07, 6.45) is 0. The van der Waals surface area contributed by atoms with Gasteiger partial charge in [0.2, 0.25) is 0 Å². The highest BCUT2D eigenvalue weighted by molar-refractivity contribution is 7.78. The Hall–Kier alpha value is -0.450. The van der Waals surface area contributed by atoms with E-state index in [-0.39, 0.29) is 5.02 Å². The molecule has 0 heterocycles. The Morgan fingerprint density at radius 2 is 2.15 bits per heavy atom. The van der Waals surface area contributed by atoms with E-state index >= 15 is 0 Å². The zero-order valence-corrected chi connectivity index (χ0v) is 8.50. The topological polar surface area (TPSA) is 24.1 Å². The van der Waals surface area contributed by atoms with Gasteiger partial charge in [0.25, 0.3) is 0 Å². The minimum Gasteiger partial charge on any atom is -0.384 e. The number of nitrogens with one attached hydrogen (secondary N) is 2. The second kappa shape index (κ2) is 5.32. The Morgan fingerprint density at radius 1 is 1.38 bits per heavy atom. The predicted octanol–water partition coefficient (Wildman–Crippen LogP) is 2.33. The van der Waals surface area contributed by atoms with Crippen LogP contribution in [0, 0.1) is 5.82 Å². The number of hydrogen-bond acceptors (Lipinski definition) is 3. The van der Waals surface area contributed by atoms with Crippen molar-refractivity contribution in [1.82, 2.24) is 4.72 Å². The molecule has 0 unspecified atom stereocenters. The third-order valence-electron chi connectivity index (χ3n) is 1.49. The molecule has 1 aromatic carbocycles. The summed E-state index contributed by atoms with van der Waals surface area (Å²) in [5.41, 5.74) is 0.801. The molecule has 0 spiro atoms. The standard InChI is InChI=1S/C8H10ClFN2S/c9-7-5-6(1-2-8(7)10)11-3-4-12-13/h1-2,5,11-13H,3-4H2. The van der Waals surface area contributed by atoms with Crippen molar-refractivity contribution >= 4 is 30.1 Å². The van der Waals surface area contributed by atoms with Gasteiger partial charge in [-0.3, -0.25) is 4.72 Å². The van der Waals surface area contributed by atoms with Crippen molar-refractivity contribution < 1.29 is 4.39 Å². The Labute approximate surface area is 87.0 Å². The van der Waals surface area contributed by atoms with Crippen LogP contribution >= 0.6 is 24.4 Å². The van der Waals surface area contributed by atoms with Gasteiger partial charge in [-0.1, -0.05) is 24.4 Å². The molecule has 0 aliphatic heterocycles. The molecule has 72 valence electrons. The number of thiol groups is 1. The Morgan fingerprint density at radius 3 is 2.77 bits per heavy atom. The lowest BCUT2D eigenvalue weighted by molar-refractivity contribution is 0.628. The zero-order chi connectivity index (χ0) is 9.68. The largest absolute Gasteiger partial charge is 0.384 e. The number of benzene rings is 1. The first kappa shape index (κ1) is 10.6. The van der Waals surface area contributed by atoms with Crippen molar-refractivity contribution in [1.29, 1.82) is 0 Å². The highest BCUT2D eigenvalue weighted by Crippen LogP contribution is 2.18. The summed E-state index contributed by atoms with van der Waals surface area (Å²) in [5.74, 6) is -0.403. The van der Waals surface area contributed by atoms with E-state index < -0.39 is 5.82 Å². The van der Waals surface area contributed by atoms with E-state index in [9.17, 15) is 4.39 Å². The van der Waals surface area contributed by atoms with Crippen molar-refractivity contribution in [3.05, 3.63) is 29.0 Å². The average Bonchev–Trinajstić information content (AvgIpc) is 2.12. The number of hydrogen-bond donors (Lipinski definition) is 3. The molecule has 0 aromatic heterocycles. The van der Waals surface area contributed by atoms with Gasteiger partial charge in [-0.15, -0.1) is 0 Å². The Bertz CT molecular complexity index is 283. The maximum Gasteiger partial charge on any atom is 0.141 e. The monoisotopic (exact) mass is 220 g/mol. The average molecular weight is 221 g/mol. The number of anilines is 1. The van der Waals surface area contributed by atoms with Crippen LogP contribution in [-0.4, -0.2) is 13.1 Å². The van der Waals surface area contributed by atoms with E-state index in [2.05, 4.69) is 22.9 Å². The van der Waals surface area contributed by atoms with Crippen molar-refractivity contribution in [2.24, 2.45) is 0 Å². The second-order valence-corrected chi connectivity index (χ2v) is 3.19. The van der Waals surface area contributed by atoms with Crippen LogP contribution < -0.4 is 10.0 Å². The molecule has 0 bridgehead atoms. The normalized spacial score (nSPS) is 10.1. The lowest BCUT2D eigenvalue weighted by Crippen LogP contribution is -2.13. The molecule has 0 aliphatic carbocycles. The van der Waals surface area contributed by atoms with Gasteiger partial charge in [0.05, 0.1) is 5.02 Å². The van der Waals surface area contributed by atoms with Gasteiger partial charge in [0.15, 0.2) is 0 Å². The first-order chi connectivity index (χ1) is 6.24. The molecule has 1 rings (SSSR count). The molecule has 0 saturated carbocycles. The molecule has 0 fully saturated rings. The van der Waals surface area contributed by atoms with E-state index in [0.717, 1.165) is 12.2 Å². The van der Waals surface area contributed by atoms with Gasteiger partial charge < -0.3 is 5.32 Å². The SMILES string of the molecule is Fc1ccc(NCCNS)cc1Cl. The summed E-state index contributed by atoms with van der Waals surface area (Å²) in [5, 5.41) is 3.18. The maximum absolute atomic E-state index is 12.7. The quantitative estimate of drug-likeness (QED) is 0.536. The molecular weight excluding hydrogens is 211 g/mol. The minimum atomic E-state index is -0.403. The van der Waals surface area contributed by atoms with Crippen LogP contribution in [0.3, 0.4) is 0 Å². The first-order valence-corrected chi connectivity index (χ1v) is 4.62. The highest BCUT2D eigenvalue weighted by atomic mass is 35.5. The van der Waals surface area contributed by atoms with Crippen molar-refractivity contribution in [2.75, 3.05) is 18.4 Å². The summed E-state index contributed by atoms with van der Waals surface area (Å²) in [6.45, 7) is 1.43. The van der Waals surface area contributed by atoms with E-state index in [1.807, 2.05) is 0 Å². The van der Waals surface area contributed by atoms with Gasteiger partial charge in [-0.05, 0) is 18.2 Å². The third-order valence-corrected chi connectivity index (χ3v) is 2.00. The number of rotatable bonds is 4. The number of halogens is 2. The fraction of sp³-hybridized carbons (Fsp3) is 0.250. The van der Waals surface area contributed by atoms with Crippen LogP contribution in [0.2, 0.25) is 5.02 Å². The second-order valence-electron chi connectivity index (χ2n) is 2.46. The molecule has 2 N–H and O–H groups in total. The molecule has 13 heavy (non-hydrogen) atoms. The zero-order valence-electron chi connectivity index (χ0n) is 6.85. The summed E-state index contributed by atoms with van der Waals surface area (Å²) >= 11 is 9.41. The van der Waals surface area contributed by atoms with Crippen LogP contribution in [0.15, 0.2) is 18.2 Å². The Balaban J connectivity index is 2.53. The summed E-state index contributed by atoms with van der Waals surface area (Å²) in [4.78, 5) is 0. The third kappa shape index (κ3) is 3.42. The summed E-state index contributed by atoms with van der Waals surface area (Å²) in [7, 11) is 0. The van der Waals surface area contributed by atoms with Crippen LogP contribution in [0.5, 0.6) is 0 Å². The predicted molar refractivity (Wildman–Crippen MR) is 56.9 cm³/mol. The lowest BCUT2D eigenvalue weighted by atomic mass is 10.3. The molecule has 0 amide bonds. The van der Waals surface area contributed by atoms with Crippen molar-refractivity contribution in [3.8, 4) is 0 Å². The fourth-order valence-electron chi connectivity index (χ4n) is 0.869. The summed E-state index contributed by atoms with van der Waals surface area (Å²) < 4.78 is 15.4. The Kier molecular flexibility index (Phi) is 4.35. The lowest BCUT2D eigenvalue weighted by Gasteiger charge is -2.05. The van der Waals surface area contributed by atoms with Gasteiger partial charge in [-0.25, -0.2) is 4.39 Å². The van der Waals surface area contributed by atoms with E-state index in [4.69, 9.17) is 11.6 Å². The van der Waals surface area contributed by atoms with E-state index in [1.54, 1.807) is 12.1 Å². The first-order valence-electron chi connectivity index (χ1n) is 3.80. The van der Waals surface area contributed by atoms with Gasteiger partial charge in [0, 0.05) is 18.8 Å².